The molecule has 2 atom stereocenters. The third-order valence-electron chi connectivity index (χ3n) is 5.70. The molecule has 0 heterocycles. The third-order valence-corrected chi connectivity index (χ3v) is 5.70. The van der Waals surface area contributed by atoms with Crippen molar-refractivity contribution in [3.8, 4) is 0 Å². The molecule has 0 aromatic rings. The Balaban J connectivity index is 2.00. The number of ether oxygens (including phenoxy) is 1. The molecule has 1 N–H and O–H groups in total. The smallest absolute Gasteiger partial charge is 0.220 e. The fourth-order valence-corrected chi connectivity index (χ4v) is 4.21. The Morgan fingerprint density at radius 1 is 1.14 bits per heavy atom. The van der Waals surface area contributed by atoms with Gasteiger partial charge in [0.1, 0.15) is 0 Å². The summed E-state index contributed by atoms with van der Waals surface area (Å²) in [5.41, 5.74) is 1.21. The molecule has 1 amide bonds. The second-order valence-electron chi connectivity index (χ2n) is 8.92. The Hall–Kier alpha value is -1.35. The van der Waals surface area contributed by atoms with Gasteiger partial charge in [0.2, 0.25) is 5.91 Å². The molecule has 2 unspecified atom stereocenters. The largest absolute Gasteiger partial charge is 0.381 e. The molecule has 1 aliphatic carbocycles. The molecule has 1 saturated carbocycles. The Kier molecular flexibility index (Phi) is 14.6. The monoisotopic (exact) mass is 403 g/mol. The van der Waals surface area contributed by atoms with Crippen molar-refractivity contribution in [3.63, 3.8) is 0 Å². The highest BCUT2D eigenvalue weighted by Gasteiger charge is 2.23. The van der Waals surface area contributed by atoms with Gasteiger partial charge in [0.05, 0.1) is 6.61 Å². The molecule has 1 fully saturated rings. The summed E-state index contributed by atoms with van der Waals surface area (Å²) in [6, 6.07) is 0.413. The van der Waals surface area contributed by atoms with Crippen LogP contribution in [0.1, 0.15) is 91.4 Å². The van der Waals surface area contributed by atoms with Gasteiger partial charge in [-0.3, -0.25) is 4.79 Å². The number of rotatable bonds is 15. The molecule has 0 aliphatic heterocycles. The molecule has 0 radical (unpaired) electrons. The molecule has 29 heavy (non-hydrogen) atoms. The lowest BCUT2D eigenvalue weighted by Crippen LogP contribution is -2.38. The van der Waals surface area contributed by atoms with Gasteiger partial charge in [0.15, 0.2) is 0 Å². The second-order valence-corrected chi connectivity index (χ2v) is 8.92. The number of allylic oxidation sites excluding steroid dienone is 4. The summed E-state index contributed by atoms with van der Waals surface area (Å²) in [6.45, 7) is 12.0. The van der Waals surface area contributed by atoms with E-state index in [-0.39, 0.29) is 5.91 Å². The van der Waals surface area contributed by atoms with Crippen molar-refractivity contribution in [2.75, 3.05) is 13.2 Å². The van der Waals surface area contributed by atoms with Crippen LogP contribution in [0.2, 0.25) is 0 Å². The zero-order chi connectivity index (χ0) is 21.3. The molecule has 0 aromatic heterocycles. The van der Waals surface area contributed by atoms with Gasteiger partial charge < -0.3 is 10.1 Å². The average molecular weight is 404 g/mol. The summed E-state index contributed by atoms with van der Waals surface area (Å²) in [4.78, 5) is 12.2. The third kappa shape index (κ3) is 13.5. The van der Waals surface area contributed by atoms with E-state index in [1.807, 2.05) is 25.2 Å². The van der Waals surface area contributed by atoms with Crippen LogP contribution < -0.4 is 5.32 Å². The Morgan fingerprint density at radius 3 is 2.66 bits per heavy atom. The van der Waals surface area contributed by atoms with Crippen LogP contribution in [-0.2, 0) is 9.53 Å². The topological polar surface area (TPSA) is 38.3 Å². The van der Waals surface area contributed by atoms with Gasteiger partial charge in [0, 0.05) is 19.1 Å². The molecular formula is C26H45NO2. The Bertz CT molecular complexity index is 507. The van der Waals surface area contributed by atoms with Crippen molar-refractivity contribution >= 4 is 5.91 Å². The minimum atomic E-state index is 0.251. The lowest BCUT2D eigenvalue weighted by molar-refractivity contribution is -0.122. The number of hydrogen-bond donors (Lipinski definition) is 1. The molecular weight excluding hydrogens is 358 g/mol. The minimum absolute atomic E-state index is 0.251. The average Bonchev–Trinajstić information content (AvgIpc) is 2.68. The molecule has 0 bridgehead atoms. The molecule has 166 valence electrons. The van der Waals surface area contributed by atoms with Crippen molar-refractivity contribution in [2.24, 2.45) is 11.8 Å². The summed E-state index contributed by atoms with van der Waals surface area (Å²) in [5.74, 6) is 1.81. The van der Waals surface area contributed by atoms with E-state index in [9.17, 15) is 4.79 Å². The first kappa shape index (κ1) is 25.7. The highest BCUT2D eigenvalue weighted by molar-refractivity contribution is 5.76. The maximum absolute atomic E-state index is 12.2. The first-order valence-electron chi connectivity index (χ1n) is 11.9. The van der Waals surface area contributed by atoms with Gasteiger partial charge in [-0.05, 0) is 62.9 Å². The van der Waals surface area contributed by atoms with Gasteiger partial charge in [-0.25, -0.2) is 0 Å². The molecule has 1 aliphatic rings. The van der Waals surface area contributed by atoms with Gasteiger partial charge in [0.25, 0.3) is 0 Å². The van der Waals surface area contributed by atoms with E-state index in [0.717, 1.165) is 63.6 Å². The first-order valence-corrected chi connectivity index (χ1v) is 11.9. The first-order chi connectivity index (χ1) is 14.0. The van der Waals surface area contributed by atoms with Crippen LogP contribution in [-0.4, -0.2) is 25.2 Å². The lowest BCUT2D eigenvalue weighted by Gasteiger charge is -2.30. The van der Waals surface area contributed by atoms with E-state index in [2.05, 4.69) is 31.8 Å². The Morgan fingerprint density at radius 2 is 1.93 bits per heavy atom. The van der Waals surface area contributed by atoms with Crippen molar-refractivity contribution < 1.29 is 9.53 Å². The standard InChI is InChI=1S/C26H45NO2/c1-5-7-13-23(6-2)17-19-29-18-11-9-8-10-16-26(28)27-25-15-12-14-24(21-25)20-22(3)4/h5-7,13,22,24-25H,2,8-12,14-21H2,1,3-4H3,(H,27,28)/b7-5-,23-13+. The zero-order valence-corrected chi connectivity index (χ0v) is 19.3. The number of carbonyl (C=O) groups is 1. The van der Waals surface area contributed by atoms with Gasteiger partial charge in [-0.1, -0.05) is 70.4 Å². The Labute approximate surface area is 180 Å². The van der Waals surface area contributed by atoms with E-state index in [4.69, 9.17) is 4.74 Å². The van der Waals surface area contributed by atoms with E-state index in [0.29, 0.717) is 12.5 Å². The van der Waals surface area contributed by atoms with Crippen molar-refractivity contribution in [1.82, 2.24) is 5.32 Å². The number of nitrogens with one attached hydrogen (secondary N) is 1. The fraction of sp³-hybridized carbons (Fsp3) is 0.731. The molecule has 0 spiro atoms. The summed E-state index contributed by atoms with van der Waals surface area (Å²) in [7, 11) is 0. The number of amides is 1. The van der Waals surface area contributed by atoms with Gasteiger partial charge >= 0.3 is 0 Å². The van der Waals surface area contributed by atoms with E-state index in [1.54, 1.807) is 0 Å². The van der Waals surface area contributed by atoms with Crippen LogP contribution in [0.3, 0.4) is 0 Å². The summed E-state index contributed by atoms with van der Waals surface area (Å²) in [6.07, 6.45) is 20.2. The van der Waals surface area contributed by atoms with Crippen LogP contribution in [0.25, 0.3) is 0 Å². The van der Waals surface area contributed by atoms with Crippen LogP contribution in [0.5, 0.6) is 0 Å². The van der Waals surface area contributed by atoms with Crippen LogP contribution >= 0.6 is 0 Å². The maximum atomic E-state index is 12.2. The predicted molar refractivity (Wildman–Crippen MR) is 125 cm³/mol. The molecule has 0 aromatic carbocycles. The van der Waals surface area contributed by atoms with Crippen LogP contribution in [0.15, 0.2) is 36.5 Å². The molecule has 1 rings (SSSR count). The maximum Gasteiger partial charge on any atom is 0.220 e. The number of carbonyl (C=O) groups excluding carboxylic acids is 1. The van der Waals surface area contributed by atoms with E-state index >= 15 is 0 Å². The van der Waals surface area contributed by atoms with E-state index < -0.39 is 0 Å². The summed E-state index contributed by atoms with van der Waals surface area (Å²) >= 11 is 0. The predicted octanol–water partition coefficient (Wildman–Crippen LogP) is 6.75. The molecule has 3 heteroatoms. The normalized spacial score (nSPS) is 20.3. The highest BCUT2D eigenvalue weighted by Crippen LogP contribution is 2.29. The van der Waals surface area contributed by atoms with Crippen molar-refractivity contribution in [1.29, 1.82) is 0 Å². The fourth-order valence-electron chi connectivity index (χ4n) is 4.21. The second kappa shape index (κ2) is 16.4. The summed E-state index contributed by atoms with van der Waals surface area (Å²) < 4.78 is 5.72. The number of hydrogen-bond acceptors (Lipinski definition) is 2. The summed E-state index contributed by atoms with van der Waals surface area (Å²) in [5, 5.41) is 3.29. The van der Waals surface area contributed by atoms with Crippen molar-refractivity contribution in [3.05, 3.63) is 36.5 Å². The molecule has 3 nitrogen and oxygen atoms in total. The quantitative estimate of drug-likeness (QED) is 0.242. The van der Waals surface area contributed by atoms with Crippen LogP contribution in [0.4, 0.5) is 0 Å². The SMILES string of the molecule is C=C/C(=C\C=C/C)CCOCCCCCCC(=O)NC1CCCC(CC(C)C)C1. The molecule has 0 saturated heterocycles. The lowest BCUT2D eigenvalue weighted by atomic mass is 9.81. The van der Waals surface area contributed by atoms with Gasteiger partial charge in [-0.15, -0.1) is 0 Å². The highest BCUT2D eigenvalue weighted by atomic mass is 16.5. The van der Waals surface area contributed by atoms with Gasteiger partial charge in [-0.2, -0.15) is 0 Å². The van der Waals surface area contributed by atoms with Crippen molar-refractivity contribution in [2.45, 2.75) is 97.4 Å². The van der Waals surface area contributed by atoms with Crippen LogP contribution in [0, 0.1) is 11.8 Å². The zero-order valence-electron chi connectivity index (χ0n) is 19.3. The van der Waals surface area contributed by atoms with E-state index in [1.165, 1.54) is 31.3 Å². The minimum Gasteiger partial charge on any atom is -0.381 e. The number of unbranched alkanes of at least 4 members (excludes halogenated alkanes) is 3.